The molecule has 1 atom stereocenters. The van der Waals surface area contributed by atoms with E-state index in [0.29, 0.717) is 23.1 Å². The van der Waals surface area contributed by atoms with Crippen LogP contribution in [0, 0.1) is 6.92 Å². The minimum atomic E-state index is -3.32. The molecule has 0 saturated carbocycles. The fourth-order valence-electron chi connectivity index (χ4n) is 2.60. The van der Waals surface area contributed by atoms with Gasteiger partial charge in [0.15, 0.2) is 9.84 Å². The van der Waals surface area contributed by atoms with Crippen molar-refractivity contribution in [3.05, 3.63) is 59.0 Å². The van der Waals surface area contributed by atoms with Crippen LogP contribution in [-0.4, -0.2) is 42.8 Å². The van der Waals surface area contributed by atoms with E-state index in [0.717, 1.165) is 11.1 Å². The Morgan fingerprint density at radius 1 is 1.13 bits per heavy atom. The molecule has 1 aromatic heterocycles. The molecule has 3 rings (SSSR count). The number of aryl methyl sites for hydroxylation is 1. The summed E-state index contributed by atoms with van der Waals surface area (Å²) in [6, 6.07) is 12.4. The van der Waals surface area contributed by atoms with Gasteiger partial charge in [0.1, 0.15) is 29.2 Å². The second-order valence-electron chi connectivity index (χ2n) is 6.93. The van der Waals surface area contributed by atoms with Crippen molar-refractivity contribution in [2.45, 2.75) is 24.8 Å². The summed E-state index contributed by atoms with van der Waals surface area (Å²) in [5.41, 5.74) is 0.274. The Labute approximate surface area is 184 Å². The van der Waals surface area contributed by atoms with E-state index in [1.807, 2.05) is 6.92 Å². The van der Waals surface area contributed by atoms with Gasteiger partial charge in [-0.15, -0.1) is 0 Å². The summed E-state index contributed by atoms with van der Waals surface area (Å²) in [6.45, 7) is 3.38. The number of aromatic nitrogens is 1. The number of amides is 1. The predicted molar refractivity (Wildman–Crippen MR) is 118 cm³/mol. The Balaban J connectivity index is 1.88. The molecule has 1 unspecified atom stereocenters. The smallest absolute Gasteiger partial charge is 0.257 e. The van der Waals surface area contributed by atoms with Crippen LogP contribution < -0.4 is 14.8 Å². The number of nitrogens with one attached hydrogen (secondary N) is 1. The number of carbonyl (C=O) groups is 1. The third kappa shape index (κ3) is 6.27. The molecular weight excluding hydrogens is 440 g/mol. The molecule has 0 bridgehead atoms. The van der Waals surface area contributed by atoms with Crippen molar-refractivity contribution in [2.24, 2.45) is 0 Å². The molecule has 3 aromatic rings. The molecule has 0 saturated heterocycles. The first kappa shape index (κ1) is 22.7. The highest BCUT2D eigenvalue weighted by atomic mass is 32.2. The fourth-order valence-corrected chi connectivity index (χ4v) is 3.74. The van der Waals surface area contributed by atoms with Crippen LogP contribution in [0.1, 0.15) is 22.2 Å². The van der Waals surface area contributed by atoms with Gasteiger partial charge in [0.25, 0.3) is 5.91 Å². The van der Waals surface area contributed by atoms with E-state index >= 15 is 0 Å². The number of sulfone groups is 1. The molecule has 1 heterocycles. The molecule has 31 heavy (non-hydrogen) atoms. The second-order valence-corrected chi connectivity index (χ2v) is 9.95. The van der Waals surface area contributed by atoms with Crippen molar-refractivity contribution in [3.8, 4) is 17.2 Å². The SMILES string of the molecule is Cc1cc(NC(=O)c2cc(Oc3ccc(S(C)(=O)=O)cc3)cc(OC(C)CO)c2)ns1. The minimum Gasteiger partial charge on any atom is -0.488 e. The van der Waals surface area contributed by atoms with Crippen LogP contribution in [0.3, 0.4) is 0 Å². The number of aliphatic hydroxyl groups is 1. The highest BCUT2D eigenvalue weighted by molar-refractivity contribution is 7.90. The summed E-state index contributed by atoms with van der Waals surface area (Å²) in [4.78, 5) is 13.9. The summed E-state index contributed by atoms with van der Waals surface area (Å²) in [5, 5.41) is 12.0. The van der Waals surface area contributed by atoms with Gasteiger partial charge >= 0.3 is 0 Å². The lowest BCUT2D eigenvalue weighted by molar-refractivity contribution is 0.102. The van der Waals surface area contributed by atoms with Gasteiger partial charge in [0.2, 0.25) is 0 Å². The monoisotopic (exact) mass is 462 g/mol. The minimum absolute atomic E-state index is 0.173. The number of aliphatic hydroxyl groups excluding tert-OH is 1. The van der Waals surface area contributed by atoms with Crippen LogP contribution in [0.2, 0.25) is 0 Å². The van der Waals surface area contributed by atoms with Crippen LogP contribution in [0.4, 0.5) is 5.82 Å². The number of hydrogen-bond donors (Lipinski definition) is 2. The molecule has 2 N–H and O–H groups in total. The number of benzene rings is 2. The van der Waals surface area contributed by atoms with Gasteiger partial charge in [-0.25, -0.2) is 8.42 Å². The Morgan fingerprint density at radius 3 is 2.39 bits per heavy atom. The largest absolute Gasteiger partial charge is 0.488 e. The molecule has 0 aliphatic carbocycles. The molecule has 0 aliphatic rings. The van der Waals surface area contributed by atoms with Gasteiger partial charge in [-0.05, 0) is 67.8 Å². The molecule has 1 amide bonds. The van der Waals surface area contributed by atoms with Crippen LogP contribution in [0.5, 0.6) is 17.2 Å². The molecule has 8 nitrogen and oxygen atoms in total. The third-order valence-corrected chi connectivity index (χ3v) is 5.92. The Morgan fingerprint density at radius 2 is 1.81 bits per heavy atom. The standard InChI is InChI=1S/C21H22N2O6S2/c1-13(12-24)28-17-9-15(21(25)22-20-8-14(2)30-23-20)10-18(11-17)29-16-4-6-19(7-5-16)31(3,26)27/h4-11,13,24H,12H2,1-3H3,(H,22,23,25). The highest BCUT2D eigenvalue weighted by Gasteiger charge is 2.14. The lowest BCUT2D eigenvalue weighted by Gasteiger charge is -2.15. The Kier molecular flexibility index (Phi) is 6.94. The van der Waals surface area contributed by atoms with E-state index in [1.54, 1.807) is 25.1 Å². The van der Waals surface area contributed by atoms with Crippen LogP contribution in [0.15, 0.2) is 53.4 Å². The Hall–Kier alpha value is -2.95. The normalized spacial score (nSPS) is 12.3. The zero-order chi connectivity index (χ0) is 22.6. The molecule has 164 valence electrons. The highest BCUT2D eigenvalue weighted by Crippen LogP contribution is 2.29. The van der Waals surface area contributed by atoms with Crippen molar-refractivity contribution < 1.29 is 27.8 Å². The van der Waals surface area contributed by atoms with Crippen LogP contribution >= 0.6 is 11.5 Å². The van der Waals surface area contributed by atoms with Gasteiger partial charge in [0.05, 0.1) is 11.5 Å². The van der Waals surface area contributed by atoms with Gasteiger partial charge in [-0.1, -0.05) is 0 Å². The number of carbonyl (C=O) groups excluding carboxylic acids is 1. The van der Waals surface area contributed by atoms with Crippen LogP contribution in [-0.2, 0) is 9.84 Å². The summed E-state index contributed by atoms with van der Waals surface area (Å²) >= 11 is 1.28. The van der Waals surface area contributed by atoms with Gasteiger partial charge in [-0.3, -0.25) is 4.79 Å². The van der Waals surface area contributed by atoms with Crippen molar-refractivity contribution in [1.82, 2.24) is 4.37 Å². The van der Waals surface area contributed by atoms with Gasteiger partial charge < -0.3 is 19.9 Å². The Bertz CT molecular complexity index is 1170. The first-order valence-electron chi connectivity index (χ1n) is 9.29. The lowest BCUT2D eigenvalue weighted by atomic mass is 10.2. The van der Waals surface area contributed by atoms with Crippen molar-refractivity contribution in [2.75, 3.05) is 18.2 Å². The third-order valence-electron chi connectivity index (χ3n) is 4.09. The van der Waals surface area contributed by atoms with E-state index in [-0.39, 0.29) is 17.1 Å². The summed E-state index contributed by atoms with van der Waals surface area (Å²) < 4.78 is 38.9. The second kappa shape index (κ2) is 9.46. The van der Waals surface area contributed by atoms with Crippen molar-refractivity contribution >= 4 is 33.1 Å². The number of rotatable bonds is 8. The van der Waals surface area contributed by atoms with Crippen molar-refractivity contribution in [1.29, 1.82) is 0 Å². The zero-order valence-corrected chi connectivity index (χ0v) is 18.8. The van der Waals surface area contributed by atoms with Gasteiger partial charge in [0, 0.05) is 22.8 Å². The topological polar surface area (TPSA) is 115 Å². The van der Waals surface area contributed by atoms with Crippen molar-refractivity contribution in [3.63, 3.8) is 0 Å². The molecule has 0 spiro atoms. The van der Waals surface area contributed by atoms with Crippen LogP contribution in [0.25, 0.3) is 0 Å². The number of hydrogen-bond acceptors (Lipinski definition) is 8. The van der Waals surface area contributed by atoms with E-state index in [9.17, 15) is 18.3 Å². The first-order valence-corrected chi connectivity index (χ1v) is 12.0. The maximum Gasteiger partial charge on any atom is 0.257 e. The van der Waals surface area contributed by atoms with E-state index in [4.69, 9.17) is 9.47 Å². The number of ether oxygens (including phenoxy) is 2. The number of nitrogens with zero attached hydrogens (tertiary/aromatic N) is 1. The summed E-state index contributed by atoms with van der Waals surface area (Å²) in [5.74, 6) is 1.09. The molecule has 2 aromatic carbocycles. The van der Waals surface area contributed by atoms with E-state index < -0.39 is 21.8 Å². The molecule has 10 heteroatoms. The van der Waals surface area contributed by atoms with E-state index in [2.05, 4.69) is 9.69 Å². The first-order chi connectivity index (χ1) is 14.6. The van der Waals surface area contributed by atoms with Gasteiger partial charge in [-0.2, -0.15) is 4.37 Å². The zero-order valence-electron chi connectivity index (χ0n) is 17.2. The quantitative estimate of drug-likeness (QED) is 0.525. The molecule has 0 aliphatic heterocycles. The predicted octanol–water partition coefficient (Wildman–Crippen LogP) is 3.66. The molecule has 0 fully saturated rings. The molecular formula is C21H22N2O6S2. The maximum atomic E-state index is 12.7. The van der Waals surface area contributed by atoms with E-state index in [1.165, 1.54) is 41.9 Å². The molecule has 0 radical (unpaired) electrons. The average molecular weight is 463 g/mol. The average Bonchev–Trinajstić information content (AvgIpc) is 3.12. The lowest BCUT2D eigenvalue weighted by Crippen LogP contribution is -2.17. The maximum absolute atomic E-state index is 12.7. The summed E-state index contributed by atoms with van der Waals surface area (Å²) in [7, 11) is -3.32. The summed E-state index contributed by atoms with van der Waals surface area (Å²) in [6.07, 6.45) is 0.641. The number of anilines is 1. The fraction of sp³-hybridized carbons (Fsp3) is 0.238.